The molecule has 1 aliphatic carbocycles. The molecule has 1 aliphatic rings. The van der Waals surface area contributed by atoms with Crippen molar-refractivity contribution in [2.75, 3.05) is 4.90 Å². The Morgan fingerprint density at radius 2 is 0.753 bits per heavy atom. The highest BCUT2D eigenvalue weighted by Crippen LogP contribution is 2.52. The van der Waals surface area contributed by atoms with Gasteiger partial charge in [-0.25, -0.2) is 0 Å². The third-order valence-electron chi connectivity index (χ3n) is 15.7. The van der Waals surface area contributed by atoms with Gasteiger partial charge in [-0.1, -0.05) is 147 Å². The maximum Gasteiger partial charge on any atom is 0.135 e. The fourth-order valence-electron chi connectivity index (χ4n) is 12.2. The average Bonchev–Trinajstić information content (AvgIpc) is 4.18. The molecule has 0 amide bonds. The summed E-state index contributed by atoms with van der Waals surface area (Å²) in [6.07, 6.45) is 0. The minimum absolute atomic E-state index is 0.249. The Morgan fingerprint density at radius 1 is 0.315 bits per heavy atom. The van der Waals surface area contributed by atoms with E-state index in [1.807, 2.05) is 12.1 Å². The van der Waals surface area contributed by atoms with Gasteiger partial charge in [0.15, 0.2) is 0 Å². The van der Waals surface area contributed by atoms with Crippen LogP contribution in [-0.2, 0) is 5.41 Å². The van der Waals surface area contributed by atoms with Crippen LogP contribution in [0.1, 0.15) is 25.0 Å². The van der Waals surface area contributed by atoms with Gasteiger partial charge in [-0.15, -0.1) is 0 Å². The van der Waals surface area contributed by atoms with E-state index in [4.69, 9.17) is 4.42 Å². The topological polar surface area (TPSA) is 26.2 Å². The summed E-state index contributed by atoms with van der Waals surface area (Å²) in [7, 11) is 0. The van der Waals surface area contributed by atoms with Gasteiger partial charge in [-0.05, 0) is 160 Å². The van der Waals surface area contributed by atoms with Gasteiger partial charge in [0.2, 0.25) is 0 Å². The second-order valence-corrected chi connectivity index (χ2v) is 20.1. The van der Waals surface area contributed by atoms with E-state index in [1.165, 1.54) is 88.1 Å². The molecule has 11 aromatic carbocycles. The predicted octanol–water partition coefficient (Wildman–Crippen LogP) is 18.9. The Bertz CT molecular complexity index is 4460. The number of rotatable bonds is 7. The monoisotopic (exact) mass is 933 g/mol. The maximum absolute atomic E-state index is 6.20. The predicted molar refractivity (Wildman–Crippen MR) is 306 cm³/mol. The molecule has 0 bridgehead atoms. The van der Waals surface area contributed by atoms with Crippen LogP contribution in [0, 0.1) is 0 Å². The van der Waals surface area contributed by atoms with Crippen molar-refractivity contribution in [3.63, 3.8) is 0 Å². The van der Waals surface area contributed by atoms with Crippen LogP contribution in [0.3, 0.4) is 0 Å². The van der Waals surface area contributed by atoms with Gasteiger partial charge >= 0.3 is 0 Å². The highest BCUT2D eigenvalue weighted by molar-refractivity contribution is 6.11. The first-order chi connectivity index (χ1) is 35.9. The summed E-state index contributed by atoms with van der Waals surface area (Å²) in [4.78, 5) is 2.42. The first kappa shape index (κ1) is 41.4. The molecule has 14 aromatic rings. The van der Waals surface area contributed by atoms with Crippen molar-refractivity contribution < 1.29 is 4.42 Å². The lowest BCUT2D eigenvalue weighted by atomic mass is 9.81. The summed E-state index contributed by atoms with van der Waals surface area (Å²) in [5.41, 5.74) is 22.0. The molecular weight excluding hydrogens is 887 g/mol. The number of nitrogens with zero attached hydrogens (tertiary/aromatic N) is 3. The van der Waals surface area contributed by atoms with Crippen molar-refractivity contribution in [3.8, 4) is 44.8 Å². The molecule has 0 saturated carbocycles. The lowest BCUT2D eigenvalue weighted by Gasteiger charge is -2.28. The number of furan rings is 1. The van der Waals surface area contributed by atoms with Crippen LogP contribution in [-0.4, -0.2) is 9.13 Å². The lowest BCUT2D eigenvalue weighted by molar-refractivity contribution is 0.660. The molecule has 3 heterocycles. The van der Waals surface area contributed by atoms with Crippen molar-refractivity contribution in [2.24, 2.45) is 0 Å². The smallest absolute Gasteiger partial charge is 0.135 e. The number of hydrogen-bond acceptors (Lipinski definition) is 2. The number of para-hydroxylation sites is 5. The molecule has 0 N–H and O–H groups in total. The van der Waals surface area contributed by atoms with Gasteiger partial charge in [0.1, 0.15) is 11.2 Å². The van der Waals surface area contributed by atoms with Crippen molar-refractivity contribution >= 4 is 82.6 Å². The van der Waals surface area contributed by atoms with Crippen molar-refractivity contribution in [2.45, 2.75) is 19.3 Å². The summed E-state index contributed by atoms with van der Waals surface area (Å²) in [6.45, 7) is 4.76. The van der Waals surface area contributed by atoms with Crippen LogP contribution in [0.5, 0.6) is 0 Å². The van der Waals surface area contributed by atoms with E-state index in [0.717, 1.165) is 50.4 Å². The summed E-state index contributed by atoms with van der Waals surface area (Å²) in [6, 6.07) is 91.0. The number of hydrogen-bond donors (Lipinski definition) is 0. The molecule has 0 fully saturated rings. The SMILES string of the molecule is CC1(C)c2cc(-c3ccc4oc5ccccc5c4c3)ccc2-c2ccc(N(c3ccc(-c4ccc5c(c4)c4ccccc4n5-c4ccccc4)cc3)c3ccc(-n4c5ccccc5c5ccccc54)cc3)cc21. The van der Waals surface area contributed by atoms with Crippen molar-refractivity contribution in [1.82, 2.24) is 9.13 Å². The minimum atomic E-state index is -0.249. The van der Waals surface area contributed by atoms with E-state index in [-0.39, 0.29) is 5.41 Å². The summed E-state index contributed by atoms with van der Waals surface area (Å²) in [5, 5.41) is 7.29. The van der Waals surface area contributed by atoms with E-state index < -0.39 is 0 Å². The van der Waals surface area contributed by atoms with Crippen LogP contribution in [0.2, 0.25) is 0 Å². The van der Waals surface area contributed by atoms with Crippen molar-refractivity contribution in [3.05, 3.63) is 260 Å². The highest BCUT2D eigenvalue weighted by Gasteiger charge is 2.36. The van der Waals surface area contributed by atoms with E-state index in [9.17, 15) is 0 Å². The summed E-state index contributed by atoms with van der Waals surface area (Å²) >= 11 is 0. The van der Waals surface area contributed by atoms with Gasteiger partial charge in [-0.3, -0.25) is 0 Å². The first-order valence-corrected chi connectivity index (χ1v) is 25.2. The molecule has 344 valence electrons. The molecule has 0 radical (unpaired) electrons. The van der Waals surface area contributed by atoms with Gasteiger partial charge in [0, 0.05) is 66.2 Å². The Balaban J connectivity index is 0.833. The standard InChI is InChI=1S/C69H47N3O/c1-69(2)61-42-47(46-28-39-68-60(41-46)58-19-9-13-23-67(58)73-68)26-36-53(61)54-37-35-52(43-62(54)69)70(50-31-33-51(34-32-50)72-63-20-10-6-16-55(63)56-17-7-11-21-64(56)72)49-29-24-44(25-30-49)45-27-38-66-59(40-45)57-18-8-12-22-65(57)71(66)48-14-4-3-5-15-48/h3-43H,1-2H3. The van der Waals surface area contributed by atoms with E-state index >= 15 is 0 Å². The van der Waals surface area contributed by atoms with Gasteiger partial charge in [-0.2, -0.15) is 0 Å². The van der Waals surface area contributed by atoms with Crippen LogP contribution in [0.4, 0.5) is 17.1 Å². The van der Waals surface area contributed by atoms with Gasteiger partial charge in [0.25, 0.3) is 0 Å². The number of aromatic nitrogens is 2. The normalized spacial score (nSPS) is 12.9. The van der Waals surface area contributed by atoms with E-state index in [2.05, 4.69) is 264 Å². The fourth-order valence-corrected chi connectivity index (χ4v) is 12.2. The van der Waals surface area contributed by atoms with Crippen LogP contribution < -0.4 is 4.90 Å². The minimum Gasteiger partial charge on any atom is -0.456 e. The Labute approximate surface area is 422 Å². The third-order valence-corrected chi connectivity index (χ3v) is 15.7. The molecule has 4 nitrogen and oxygen atoms in total. The zero-order valence-electron chi connectivity index (χ0n) is 40.4. The molecule has 73 heavy (non-hydrogen) atoms. The molecular formula is C69H47N3O. The quantitative estimate of drug-likeness (QED) is 0.159. The molecule has 15 rings (SSSR count). The zero-order valence-corrected chi connectivity index (χ0v) is 40.4. The number of anilines is 3. The fraction of sp³-hybridized carbons (Fsp3) is 0.0435. The first-order valence-electron chi connectivity index (χ1n) is 25.2. The third kappa shape index (κ3) is 6.33. The highest BCUT2D eigenvalue weighted by atomic mass is 16.3. The van der Waals surface area contributed by atoms with Crippen LogP contribution in [0.25, 0.3) is 110 Å². The number of fused-ring (bicyclic) bond motifs is 12. The lowest BCUT2D eigenvalue weighted by Crippen LogP contribution is -2.16. The van der Waals surface area contributed by atoms with Gasteiger partial charge in [0.05, 0.1) is 22.1 Å². The number of benzene rings is 11. The average molecular weight is 934 g/mol. The van der Waals surface area contributed by atoms with E-state index in [0.29, 0.717) is 0 Å². The molecule has 3 aromatic heterocycles. The largest absolute Gasteiger partial charge is 0.456 e. The summed E-state index contributed by atoms with van der Waals surface area (Å²) < 4.78 is 11.0. The molecule has 4 heteroatoms. The summed E-state index contributed by atoms with van der Waals surface area (Å²) in [5.74, 6) is 0. The van der Waals surface area contributed by atoms with Gasteiger partial charge < -0.3 is 18.5 Å². The molecule has 0 unspecified atom stereocenters. The zero-order chi connectivity index (χ0) is 48.4. The van der Waals surface area contributed by atoms with Crippen LogP contribution in [0.15, 0.2) is 253 Å². The van der Waals surface area contributed by atoms with Crippen molar-refractivity contribution in [1.29, 1.82) is 0 Å². The Kier molecular flexibility index (Phi) is 8.97. The second-order valence-electron chi connectivity index (χ2n) is 20.1. The van der Waals surface area contributed by atoms with Crippen LogP contribution >= 0.6 is 0 Å². The van der Waals surface area contributed by atoms with E-state index in [1.54, 1.807) is 0 Å². The molecule has 0 spiro atoms. The Morgan fingerprint density at radius 3 is 1.44 bits per heavy atom. The molecule has 0 atom stereocenters. The maximum atomic E-state index is 6.20. The Hall–Kier alpha value is -9.38. The molecule has 0 aliphatic heterocycles. The second kappa shape index (κ2) is 15.8. The molecule has 0 saturated heterocycles.